The van der Waals surface area contributed by atoms with Gasteiger partial charge >= 0.3 is 0 Å². The van der Waals surface area contributed by atoms with Gasteiger partial charge in [0.15, 0.2) is 5.82 Å². The van der Waals surface area contributed by atoms with Gasteiger partial charge in [0.1, 0.15) is 29.5 Å². The van der Waals surface area contributed by atoms with Crippen LogP contribution in [0.1, 0.15) is 41.4 Å². The smallest absolute Gasteiger partial charge is 0.152 e. The zero-order chi connectivity index (χ0) is 25.1. The second-order valence-corrected chi connectivity index (χ2v) is 9.42. The van der Waals surface area contributed by atoms with Crippen LogP contribution in [0.25, 0.3) is 0 Å². The van der Waals surface area contributed by atoms with Gasteiger partial charge in [-0.05, 0) is 41.7 Å². The number of nitrogen functional groups attached to an aromatic ring is 1. The molecule has 1 aromatic heterocycles. The number of hydrogen-bond donors (Lipinski definition) is 3. The molecule has 36 heavy (non-hydrogen) atoms. The zero-order valence-corrected chi connectivity index (χ0v) is 20.4. The molecule has 8 nitrogen and oxygen atoms in total. The molecule has 0 saturated carbocycles. The molecule has 0 bridgehead atoms. The number of aromatic nitrogens is 2. The molecule has 2 aliphatic rings. The van der Waals surface area contributed by atoms with Crippen molar-refractivity contribution < 1.29 is 14.6 Å². The first-order valence-electron chi connectivity index (χ1n) is 12.1. The maximum absolute atomic E-state index is 9.99. The second kappa shape index (κ2) is 10.1. The van der Waals surface area contributed by atoms with Gasteiger partial charge in [0.25, 0.3) is 0 Å². The maximum Gasteiger partial charge on any atom is 0.152 e. The molecular weight excluding hydrogens is 454 g/mol. The molecule has 1 fully saturated rings. The molecule has 0 unspecified atom stereocenters. The number of fused-ring (bicyclic) bond motifs is 1. The molecule has 3 aromatic rings. The number of piperidine rings is 1. The molecule has 1 aliphatic carbocycles. The average molecular weight is 486 g/mol. The number of benzene rings is 2. The van der Waals surface area contributed by atoms with E-state index in [0.717, 1.165) is 32.4 Å². The van der Waals surface area contributed by atoms with E-state index in [9.17, 15) is 5.11 Å². The minimum Gasteiger partial charge on any atom is -0.497 e. The number of hydrogen-bond acceptors (Lipinski definition) is 8. The molecular formula is C28H31N5O3. The summed E-state index contributed by atoms with van der Waals surface area (Å²) in [6.45, 7) is 1.60. The Morgan fingerprint density at radius 3 is 2.69 bits per heavy atom. The third-order valence-corrected chi connectivity index (χ3v) is 7.29. The molecule has 5 N–H and O–H groups in total. The van der Waals surface area contributed by atoms with E-state index in [1.54, 1.807) is 31.5 Å². The van der Waals surface area contributed by atoms with Crippen LogP contribution < -0.4 is 25.8 Å². The van der Waals surface area contributed by atoms with Gasteiger partial charge < -0.3 is 30.9 Å². The topological polar surface area (TPSA) is 120 Å². The molecule has 1 saturated heterocycles. The Morgan fingerprint density at radius 2 is 1.94 bits per heavy atom. The number of aliphatic hydroxyl groups excluding tert-OH is 1. The Balaban J connectivity index is 1.23. The van der Waals surface area contributed by atoms with Crippen molar-refractivity contribution in [3.63, 3.8) is 0 Å². The van der Waals surface area contributed by atoms with Crippen LogP contribution in [0.3, 0.4) is 0 Å². The average Bonchev–Trinajstić information content (AvgIpc) is 3.17. The van der Waals surface area contributed by atoms with E-state index < -0.39 is 0 Å². The summed E-state index contributed by atoms with van der Waals surface area (Å²) < 4.78 is 10.9. The fourth-order valence-electron chi connectivity index (χ4n) is 5.36. The van der Waals surface area contributed by atoms with Gasteiger partial charge in [-0.25, -0.2) is 9.97 Å². The summed E-state index contributed by atoms with van der Waals surface area (Å²) in [5, 5.41) is 9.99. The van der Waals surface area contributed by atoms with Gasteiger partial charge in [0.2, 0.25) is 0 Å². The highest BCUT2D eigenvalue weighted by Gasteiger charge is 2.46. The van der Waals surface area contributed by atoms with Crippen molar-refractivity contribution in [1.29, 1.82) is 0 Å². The fourth-order valence-corrected chi connectivity index (χ4v) is 5.36. The fraction of sp³-hybridized carbons (Fsp3) is 0.357. The van der Waals surface area contributed by atoms with Crippen LogP contribution in [0.5, 0.6) is 11.5 Å². The molecule has 186 valence electrons. The largest absolute Gasteiger partial charge is 0.497 e. The number of rotatable bonds is 5. The first-order valence-corrected chi connectivity index (χ1v) is 12.1. The van der Waals surface area contributed by atoms with Gasteiger partial charge in [-0.1, -0.05) is 30.2 Å². The lowest BCUT2D eigenvalue weighted by molar-refractivity contribution is 0.186. The molecule has 1 aliphatic heterocycles. The van der Waals surface area contributed by atoms with Crippen molar-refractivity contribution in [3.05, 3.63) is 71.2 Å². The predicted molar refractivity (Wildman–Crippen MR) is 139 cm³/mol. The first-order chi connectivity index (χ1) is 17.5. The Bertz CT molecular complexity index is 1310. The van der Waals surface area contributed by atoms with E-state index in [4.69, 9.17) is 20.9 Å². The van der Waals surface area contributed by atoms with E-state index in [-0.39, 0.29) is 24.7 Å². The number of nitrogens with two attached hydrogens (primary N) is 2. The Hall–Kier alpha value is -3.80. The zero-order valence-electron chi connectivity index (χ0n) is 20.4. The third kappa shape index (κ3) is 4.68. The van der Waals surface area contributed by atoms with Gasteiger partial charge in [0.05, 0.1) is 19.9 Å². The van der Waals surface area contributed by atoms with Gasteiger partial charge in [-0.15, -0.1) is 0 Å². The van der Waals surface area contributed by atoms with E-state index in [0.29, 0.717) is 34.4 Å². The number of nitrogens with zero attached hydrogens (tertiary/aromatic N) is 3. The lowest BCUT2D eigenvalue weighted by atomic mass is 9.73. The third-order valence-electron chi connectivity index (χ3n) is 7.29. The number of anilines is 2. The second-order valence-electron chi connectivity index (χ2n) is 9.42. The van der Waals surface area contributed by atoms with Crippen LogP contribution in [-0.4, -0.2) is 41.9 Å². The number of aliphatic hydroxyl groups is 1. The Kier molecular flexibility index (Phi) is 6.68. The monoisotopic (exact) mass is 485 g/mol. The minimum atomic E-state index is -0.204. The van der Waals surface area contributed by atoms with Crippen molar-refractivity contribution in [2.45, 2.75) is 31.9 Å². The summed E-state index contributed by atoms with van der Waals surface area (Å²) in [6, 6.07) is 13.8. The van der Waals surface area contributed by atoms with Crippen molar-refractivity contribution in [3.8, 4) is 23.3 Å². The van der Waals surface area contributed by atoms with Crippen LogP contribution in [0.2, 0.25) is 0 Å². The van der Waals surface area contributed by atoms with E-state index in [1.165, 1.54) is 11.1 Å². The molecule has 2 heterocycles. The quantitative estimate of drug-likeness (QED) is 0.373. The van der Waals surface area contributed by atoms with Crippen molar-refractivity contribution in [1.82, 2.24) is 9.97 Å². The highest BCUT2D eigenvalue weighted by Crippen LogP contribution is 2.51. The summed E-state index contributed by atoms with van der Waals surface area (Å²) in [5.41, 5.74) is 16.9. The lowest BCUT2D eigenvalue weighted by Crippen LogP contribution is -2.45. The van der Waals surface area contributed by atoms with Crippen LogP contribution in [-0.2, 0) is 13.0 Å². The molecule has 1 atom stereocenters. The summed E-state index contributed by atoms with van der Waals surface area (Å²) in [6.07, 6.45) is 4.62. The molecule has 5 rings (SSSR count). The Labute approximate surface area is 211 Å². The van der Waals surface area contributed by atoms with E-state index in [1.807, 2.05) is 0 Å². The summed E-state index contributed by atoms with van der Waals surface area (Å²) in [5.74, 6) is 7.81. The SMILES string of the molecule is COc1cc(N)cc(OCC#Cc2cnc(N3CCC4(CC3)Cc3ccccc3[C@H]4N)c(CO)n2)c1. The van der Waals surface area contributed by atoms with E-state index >= 15 is 0 Å². The number of ether oxygens (including phenoxy) is 2. The van der Waals surface area contributed by atoms with Crippen LogP contribution in [0, 0.1) is 17.3 Å². The predicted octanol–water partition coefficient (Wildman–Crippen LogP) is 2.83. The van der Waals surface area contributed by atoms with Crippen LogP contribution in [0.4, 0.5) is 11.5 Å². The van der Waals surface area contributed by atoms with E-state index in [2.05, 4.69) is 51.0 Å². The lowest BCUT2D eigenvalue weighted by Gasteiger charge is -2.42. The van der Waals surface area contributed by atoms with Crippen LogP contribution in [0.15, 0.2) is 48.7 Å². The molecule has 8 heteroatoms. The van der Waals surface area contributed by atoms with Crippen molar-refractivity contribution >= 4 is 11.5 Å². The molecule has 2 aromatic carbocycles. The van der Waals surface area contributed by atoms with Crippen LogP contribution >= 0.6 is 0 Å². The normalized spacial score (nSPS) is 17.9. The first kappa shape index (κ1) is 23.9. The Morgan fingerprint density at radius 1 is 1.17 bits per heavy atom. The van der Waals surface area contributed by atoms with Gasteiger partial charge in [0, 0.05) is 43.0 Å². The summed E-state index contributed by atoms with van der Waals surface area (Å²) in [7, 11) is 1.57. The molecule has 0 amide bonds. The standard InChI is InChI=1S/C28H31N5O3/c1-35-22-13-20(29)14-23(15-22)36-12-4-6-21-17-31-27(25(18-34)32-21)33-10-8-28(9-11-33)16-19-5-2-3-7-24(19)26(28)30/h2-3,5,7,13-15,17,26,34H,8-12,16,18,29-30H2,1H3/t26-/m1/s1. The number of methoxy groups -OCH3 is 1. The van der Waals surface area contributed by atoms with Crippen molar-refractivity contribution in [2.24, 2.45) is 11.1 Å². The molecule has 0 radical (unpaired) electrons. The highest BCUT2D eigenvalue weighted by atomic mass is 16.5. The van der Waals surface area contributed by atoms with Gasteiger partial charge in [-0.2, -0.15) is 0 Å². The summed E-state index contributed by atoms with van der Waals surface area (Å²) in [4.78, 5) is 11.4. The molecule has 1 spiro atoms. The van der Waals surface area contributed by atoms with Crippen molar-refractivity contribution in [2.75, 3.05) is 37.4 Å². The minimum absolute atomic E-state index is 0.0625. The summed E-state index contributed by atoms with van der Waals surface area (Å²) >= 11 is 0. The maximum atomic E-state index is 9.99. The highest BCUT2D eigenvalue weighted by molar-refractivity contribution is 5.50. The van der Waals surface area contributed by atoms with Gasteiger partial charge in [-0.3, -0.25) is 0 Å².